The van der Waals surface area contributed by atoms with Crippen molar-refractivity contribution in [1.82, 2.24) is 4.98 Å². The van der Waals surface area contributed by atoms with E-state index in [-0.39, 0.29) is 0 Å². The van der Waals surface area contributed by atoms with Gasteiger partial charge in [-0.1, -0.05) is 18.2 Å². The highest BCUT2D eigenvalue weighted by atomic mass is 79.9. The fourth-order valence-corrected chi connectivity index (χ4v) is 2.51. The Morgan fingerprint density at radius 3 is 2.78 bits per heavy atom. The number of hydrogen-bond acceptors (Lipinski definition) is 3. The lowest BCUT2D eigenvalue weighted by atomic mass is 10.3. The van der Waals surface area contributed by atoms with Crippen LogP contribution in [0.4, 0.5) is 5.82 Å². The van der Waals surface area contributed by atoms with Gasteiger partial charge in [0, 0.05) is 27.9 Å². The fraction of sp³-hybridized carbons (Fsp3) is 0.214. The van der Waals surface area contributed by atoms with Gasteiger partial charge in [-0.3, -0.25) is 0 Å². The van der Waals surface area contributed by atoms with Crippen molar-refractivity contribution in [1.29, 1.82) is 0 Å². The highest BCUT2D eigenvalue weighted by Crippen LogP contribution is 2.18. The summed E-state index contributed by atoms with van der Waals surface area (Å²) < 4.78 is 1.05. The van der Waals surface area contributed by atoms with E-state index in [1.54, 1.807) is 0 Å². The standard InChI is InChI=1S/C14H15BrN2S/c1-11-9-14(17-10-13(11)15)16-7-8-18-12-5-3-2-4-6-12/h2-6,9-10H,7-8H2,1H3,(H,16,17). The van der Waals surface area contributed by atoms with Gasteiger partial charge in [0.2, 0.25) is 0 Å². The Hall–Kier alpha value is -1.00. The molecule has 0 aliphatic heterocycles. The Morgan fingerprint density at radius 1 is 1.28 bits per heavy atom. The molecule has 0 aliphatic carbocycles. The molecule has 0 saturated heterocycles. The average molecular weight is 323 g/mol. The number of anilines is 1. The number of aryl methyl sites for hydroxylation is 1. The van der Waals surface area contributed by atoms with E-state index in [2.05, 4.69) is 63.5 Å². The van der Waals surface area contributed by atoms with E-state index in [0.29, 0.717) is 0 Å². The van der Waals surface area contributed by atoms with Gasteiger partial charge in [-0.2, -0.15) is 0 Å². The Bertz CT molecular complexity index is 502. The Kier molecular flexibility index (Phi) is 5.08. The van der Waals surface area contributed by atoms with Crippen LogP contribution in [0.1, 0.15) is 5.56 Å². The molecule has 2 nitrogen and oxygen atoms in total. The van der Waals surface area contributed by atoms with Crippen LogP contribution < -0.4 is 5.32 Å². The molecule has 2 aromatic rings. The lowest BCUT2D eigenvalue weighted by Gasteiger charge is -2.07. The lowest BCUT2D eigenvalue weighted by Crippen LogP contribution is -2.05. The molecule has 4 heteroatoms. The van der Waals surface area contributed by atoms with Crippen LogP contribution in [0.5, 0.6) is 0 Å². The fourth-order valence-electron chi connectivity index (χ4n) is 1.50. The van der Waals surface area contributed by atoms with E-state index >= 15 is 0 Å². The molecule has 0 radical (unpaired) electrons. The molecule has 1 aromatic carbocycles. The zero-order valence-electron chi connectivity index (χ0n) is 10.2. The maximum Gasteiger partial charge on any atom is 0.126 e. The molecular formula is C14H15BrN2S. The van der Waals surface area contributed by atoms with E-state index in [4.69, 9.17) is 0 Å². The molecule has 0 aliphatic rings. The van der Waals surface area contributed by atoms with Gasteiger partial charge in [0.1, 0.15) is 5.82 Å². The van der Waals surface area contributed by atoms with Crippen LogP contribution in [0.2, 0.25) is 0 Å². The summed E-state index contributed by atoms with van der Waals surface area (Å²) in [5.41, 5.74) is 1.20. The van der Waals surface area contributed by atoms with Crippen LogP contribution >= 0.6 is 27.7 Å². The second-order valence-corrected chi connectivity index (χ2v) is 5.93. The van der Waals surface area contributed by atoms with Gasteiger partial charge in [0.15, 0.2) is 0 Å². The number of thioether (sulfide) groups is 1. The minimum absolute atomic E-state index is 0.910. The monoisotopic (exact) mass is 322 g/mol. The second-order valence-electron chi connectivity index (χ2n) is 3.91. The Morgan fingerprint density at radius 2 is 2.06 bits per heavy atom. The van der Waals surface area contributed by atoms with Crippen LogP contribution in [0.3, 0.4) is 0 Å². The molecule has 2 rings (SSSR count). The van der Waals surface area contributed by atoms with Crippen molar-refractivity contribution in [3.8, 4) is 0 Å². The van der Waals surface area contributed by atoms with Crippen LogP contribution in [0, 0.1) is 6.92 Å². The van der Waals surface area contributed by atoms with Crippen molar-refractivity contribution in [2.24, 2.45) is 0 Å². The summed E-state index contributed by atoms with van der Waals surface area (Å²) in [6.45, 7) is 2.98. The zero-order valence-corrected chi connectivity index (χ0v) is 12.6. The number of nitrogens with one attached hydrogen (secondary N) is 1. The molecule has 1 aromatic heterocycles. The van der Waals surface area contributed by atoms with Gasteiger partial charge in [-0.25, -0.2) is 4.98 Å². The summed E-state index contributed by atoms with van der Waals surface area (Å²) in [6, 6.07) is 12.5. The molecule has 0 spiro atoms. The average Bonchev–Trinajstić information content (AvgIpc) is 2.40. The predicted molar refractivity (Wildman–Crippen MR) is 82.3 cm³/mol. The van der Waals surface area contributed by atoms with Gasteiger partial charge in [0.05, 0.1) is 0 Å². The van der Waals surface area contributed by atoms with Gasteiger partial charge < -0.3 is 5.32 Å². The first kappa shape index (κ1) is 13.4. The van der Waals surface area contributed by atoms with Crippen LogP contribution in [-0.4, -0.2) is 17.3 Å². The highest BCUT2D eigenvalue weighted by molar-refractivity contribution is 9.10. The molecule has 0 bridgehead atoms. The van der Waals surface area contributed by atoms with Crippen molar-refractivity contribution in [3.63, 3.8) is 0 Å². The topological polar surface area (TPSA) is 24.9 Å². The SMILES string of the molecule is Cc1cc(NCCSc2ccccc2)ncc1Br. The van der Waals surface area contributed by atoms with Crippen molar-refractivity contribution >= 4 is 33.5 Å². The smallest absolute Gasteiger partial charge is 0.126 e. The molecular weight excluding hydrogens is 308 g/mol. The summed E-state index contributed by atoms with van der Waals surface area (Å²) in [6.07, 6.45) is 1.84. The maximum atomic E-state index is 4.32. The van der Waals surface area contributed by atoms with Crippen LogP contribution in [0.15, 0.2) is 52.0 Å². The highest BCUT2D eigenvalue weighted by Gasteiger charge is 1.98. The minimum Gasteiger partial charge on any atom is -0.369 e. The number of aromatic nitrogens is 1. The van der Waals surface area contributed by atoms with Crippen LogP contribution in [-0.2, 0) is 0 Å². The lowest BCUT2D eigenvalue weighted by molar-refractivity contribution is 1.15. The van der Waals surface area contributed by atoms with Gasteiger partial charge >= 0.3 is 0 Å². The third kappa shape index (κ3) is 4.03. The van der Waals surface area contributed by atoms with Crippen LogP contribution in [0.25, 0.3) is 0 Å². The second kappa shape index (κ2) is 6.81. The quantitative estimate of drug-likeness (QED) is 0.654. The molecule has 1 heterocycles. The molecule has 18 heavy (non-hydrogen) atoms. The van der Waals surface area contributed by atoms with Gasteiger partial charge in [0.25, 0.3) is 0 Å². The van der Waals surface area contributed by atoms with E-state index < -0.39 is 0 Å². The summed E-state index contributed by atoms with van der Waals surface area (Å²) in [7, 11) is 0. The number of hydrogen-bond donors (Lipinski definition) is 1. The molecule has 0 fully saturated rings. The Balaban J connectivity index is 1.77. The van der Waals surface area contributed by atoms with E-state index in [1.165, 1.54) is 10.5 Å². The molecule has 1 N–H and O–H groups in total. The van der Waals surface area contributed by atoms with Crippen molar-refractivity contribution in [3.05, 3.63) is 52.6 Å². The third-order valence-electron chi connectivity index (χ3n) is 2.47. The van der Waals surface area contributed by atoms with Gasteiger partial charge in [-0.15, -0.1) is 11.8 Å². The molecule has 0 saturated carbocycles. The van der Waals surface area contributed by atoms with E-state index in [1.807, 2.05) is 24.0 Å². The largest absolute Gasteiger partial charge is 0.369 e. The number of pyridine rings is 1. The maximum absolute atomic E-state index is 4.32. The van der Waals surface area contributed by atoms with E-state index in [9.17, 15) is 0 Å². The molecule has 0 amide bonds. The van der Waals surface area contributed by atoms with Gasteiger partial charge in [-0.05, 0) is 46.6 Å². The molecule has 0 atom stereocenters. The normalized spacial score (nSPS) is 10.3. The Labute approximate surface area is 120 Å². The number of rotatable bonds is 5. The van der Waals surface area contributed by atoms with Crippen molar-refractivity contribution in [2.75, 3.05) is 17.6 Å². The first-order valence-corrected chi connectivity index (χ1v) is 7.57. The van der Waals surface area contributed by atoms with E-state index in [0.717, 1.165) is 22.6 Å². The first-order valence-electron chi connectivity index (χ1n) is 5.79. The number of halogens is 1. The number of nitrogens with zero attached hydrogens (tertiary/aromatic N) is 1. The summed E-state index contributed by atoms with van der Waals surface area (Å²) in [4.78, 5) is 5.62. The first-order chi connectivity index (χ1) is 8.75. The molecule has 94 valence electrons. The predicted octanol–water partition coefficient (Wildman–Crippen LogP) is 4.36. The number of benzene rings is 1. The summed E-state index contributed by atoms with van der Waals surface area (Å²) >= 11 is 5.29. The zero-order chi connectivity index (χ0) is 12.8. The molecule has 0 unspecified atom stereocenters. The summed E-state index contributed by atoms with van der Waals surface area (Å²) in [5.74, 6) is 1.96. The minimum atomic E-state index is 0.910. The van der Waals surface area contributed by atoms with Crippen molar-refractivity contribution in [2.45, 2.75) is 11.8 Å². The van der Waals surface area contributed by atoms with Crippen molar-refractivity contribution < 1.29 is 0 Å². The third-order valence-corrected chi connectivity index (χ3v) is 4.31. The summed E-state index contributed by atoms with van der Waals surface area (Å²) in [5, 5.41) is 3.33.